The van der Waals surface area contributed by atoms with E-state index in [9.17, 15) is 9.50 Å². The van der Waals surface area contributed by atoms with Crippen LogP contribution in [-0.4, -0.2) is 21.7 Å². The lowest BCUT2D eigenvalue weighted by atomic mass is 9.83. The minimum Gasteiger partial charge on any atom is -0.507 e. The molecule has 0 amide bonds. The van der Waals surface area contributed by atoms with Gasteiger partial charge in [-0.15, -0.1) is 0 Å². The van der Waals surface area contributed by atoms with E-state index in [-0.39, 0.29) is 21.7 Å². The molecule has 0 bridgehead atoms. The lowest BCUT2D eigenvalue weighted by Crippen LogP contribution is -2.35. The molecule has 0 saturated heterocycles. The topological polar surface area (TPSA) is 69.6 Å². The van der Waals surface area contributed by atoms with E-state index in [0.29, 0.717) is 17.7 Å². The first kappa shape index (κ1) is 24.9. The number of hydrogen-bond acceptors (Lipinski definition) is 3. The van der Waals surface area contributed by atoms with E-state index in [1.165, 1.54) is 12.1 Å². The molecule has 0 unspecified atom stereocenters. The van der Waals surface area contributed by atoms with Crippen LogP contribution in [0.5, 0.6) is 5.75 Å². The van der Waals surface area contributed by atoms with E-state index in [1.54, 1.807) is 6.07 Å². The Labute approximate surface area is 177 Å². The van der Waals surface area contributed by atoms with Crippen LogP contribution in [0.1, 0.15) is 59.6 Å². The van der Waals surface area contributed by atoms with Crippen LogP contribution in [0.15, 0.2) is 30.3 Å². The highest BCUT2D eigenvalue weighted by Gasteiger charge is 2.21. The van der Waals surface area contributed by atoms with Gasteiger partial charge in [0.15, 0.2) is 0 Å². The molecule has 4 nitrogen and oxygen atoms in total. The Morgan fingerprint density at radius 3 is 2.10 bits per heavy atom. The summed E-state index contributed by atoms with van der Waals surface area (Å²) in [7, 11) is 0. The van der Waals surface area contributed by atoms with E-state index >= 15 is 0 Å². The number of benzene rings is 2. The largest absolute Gasteiger partial charge is 0.507 e. The van der Waals surface area contributed by atoms with Crippen molar-refractivity contribution in [2.24, 2.45) is 0 Å². The normalized spacial score (nSPS) is 11.6. The molecule has 29 heavy (non-hydrogen) atoms. The average Bonchev–Trinajstić information content (AvgIpc) is 2.54. The molecule has 0 aromatic heterocycles. The first-order valence-electron chi connectivity index (χ1n) is 9.38. The molecule has 0 saturated carbocycles. The van der Waals surface area contributed by atoms with Crippen LogP contribution in [0.4, 0.5) is 4.39 Å². The monoisotopic (exact) mass is 423 g/mol. The van der Waals surface area contributed by atoms with Gasteiger partial charge >= 0.3 is 0 Å². The van der Waals surface area contributed by atoms with E-state index in [4.69, 9.17) is 21.5 Å². The minimum absolute atomic E-state index is 0.0727. The fraction of sp³-hybridized carbons (Fsp3) is 0.435. The molecule has 2 aromatic rings. The number of carboxylic acids is 1. The van der Waals surface area contributed by atoms with Crippen LogP contribution in [0.25, 0.3) is 11.1 Å². The van der Waals surface area contributed by atoms with Gasteiger partial charge in [-0.3, -0.25) is 4.79 Å². The van der Waals surface area contributed by atoms with Gasteiger partial charge in [0.2, 0.25) is 0 Å². The summed E-state index contributed by atoms with van der Waals surface area (Å²) in [5, 5.41) is 21.7. The number of aliphatic carboxylic acids is 1. The lowest BCUT2D eigenvalue weighted by molar-refractivity contribution is -0.134. The van der Waals surface area contributed by atoms with Gasteiger partial charge in [-0.05, 0) is 55.5 Å². The van der Waals surface area contributed by atoms with Gasteiger partial charge in [-0.1, -0.05) is 44.5 Å². The van der Waals surface area contributed by atoms with Crippen molar-refractivity contribution < 1.29 is 19.4 Å². The molecule has 0 atom stereocenters. The van der Waals surface area contributed by atoms with E-state index < -0.39 is 11.8 Å². The summed E-state index contributed by atoms with van der Waals surface area (Å²) in [4.78, 5) is 9.00. The molecule has 0 aliphatic rings. The molecule has 6 heteroatoms. The molecular weight excluding hydrogens is 393 g/mol. The summed E-state index contributed by atoms with van der Waals surface area (Å²) in [5.41, 5.74) is 2.95. The molecule has 0 heterocycles. The zero-order valence-electron chi connectivity index (χ0n) is 18.2. The average molecular weight is 424 g/mol. The van der Waals surface area contributed by atoms with Gasteiger partial charge in [-0.25, -0.2) is 4.39 Å². The maximum atomic E-state index is 13.9. The SMILES string of the molecule is CC(=O)O.CC(C)(C)NCc1cc(C(C)(C)C)cc(-c2ccc(Cl)c(F)c2)c1O. The molecule has 3 N–H and O–H groups in total. The van der Waals surface area contributed by atoms with Crippen molar-refractivity contribution in [2.75, 3.05) is 0 Å². The van der Waals surface area contributed by atoms with Crippen LogP contribution in [0, 0.1) is 5.82 Å². The van der Waals surface area contributed by atoms with Crippen LogP contribution in [0.2, 0.25) is 5.02 Å². The number of carboxylic acid groups (broad SMARTS) is 1. The molecule has 0 fully saturated rings. The highest BCUT2D eigenvalue weighted by Crippen LogP contribution is 2.38. The Bertz CT molecular complexity index is 864. The predicted molar refractivity (Wildman–Crippen MR) is 117 cm³/mol. The number of phenols is 1. The fourth-order valence-electron chi connectivity index (χ4n) is 2.51. The zero-order chi connectivity index (χ0) is 22.6. The number of rotatable bonds is 3. The highest BCUT2D eigenvalue weighted by atomic mass is 35.5. The number of carbonyl (C=O) groups is 1. The van der Waals surface area contributed by atoms with Crippen LogP contribution in [0.3, 0.4) is 0 Å². The van der Waals surface area contributed by atoms with Gasteiger partial charge in [0.05, 0.1) is 5.02 Å². The van der Waals surface area contributed by atoms with Gasteiger partial charge in [0.1, 0.15) is 11.6 Å². The number of halogens is 2. The van der Waals surface area contributed by atoms with Crippen LogP contribution >= 0.6 is 11.6 Å². The summed E-state index contributed by atoms with van der Waals surface area (Å²) < 4.78 is 13.9. The highest BCUT2D eigenvalue weighted by molar-refractivity contribution is 6.30. The lowest BCUT2D eigenvalue weighted by Gasteiger charge is -2.25. The van der Waals surface area contributed by atoms with Crippen LogP contribution < -0.4 is 5.32 Å². The molecule has 2 rings (SSSR count). The summed E-state index contributed by atoms with van der Waals surface area (Å²) in [6.45, 7) is 14.2. The second kappa shape index (κ2) is 9.59. The summed E-state index contributed by atoms with van der Waals surface area (Å²) in [6, 6.07) is 8.56. The zero-order valence-corrected chi connectivity index (χ0v) is 18.9. The molecule has 0 radical (unpaired) electrons. The van der Waals surface area contributed by atoms with Crippen molar-refractivity contribution in [1.82, 2.24) is 5.32 Å². The molecular formula is C23H31ClFNO3. The van der Waals surface area contributed by atoms with Gasteiger partial charge in [-0.2, -0.15) is 0 Å². The van der Waals surface area contributed by atoms with Gasteiger partial charge in [0, 0.05) is 30.1 Å². The van der Waals surface area contributed by atoms with Crippen LogP contribution in [-0.2, 0) is 16.8 Å². The predicted octanol–water partition coefficient (Wildman–Crippen LogP) is 6.13. The third-order valence-corrected chi connectivity index (χ3v) is 4.40. The third-order valence-electron chi connectivity index (χ3n) is 4.09. The molecule has 0 spiro atoms. The van der Waals surface area contributed by atoms with Crippen molar-refractivity contribution in [3.63, 3.8) is 0 Å². The first-order chi connectivity index (χ1) is 13.1. The minimum atomic E-state index is -0.833. The molecule has 0 aliphatic carbocycles. The van der Waals surface area contributed by atoms with Gasteiger partial charge in [0.25, 0.3) is 5.97 Å². The molecule has 160 valence electrons. The van der Waals surface area contributed by atoms with Crippen molar-refractivity contribution in [3.05, 3.63) is 52.3 Å². The van der Waals surface area contributed by atoms with Gasteiger partial charge < -0.3 is 15.5 Å². The Hall–Kier alpha value is -2.11. The van der Waals surface area contributed by atoms with Crippen molar-refractivity contribution in [1.29, 1.82) is 0 Å². The van der Waals surface area contributed by atoms with E-state index in [0.717, 1.165) is 18.1 Å². The Kier molecular flexibility index (Phi) is 8.25. The number of nitrogens with one attached hydrogen (secondary N) is 1. The van der Waals surface area contributed by atoms with E-state index in [2.05, 4.69) is 46.9 Å². The maximum absolute atomic E-state index is 13.9. The summed E-state index contributed by atoms with van der Waals surface area (Å²) in [6.07, 6.45) is 0. The maximum Gasteiger partial charge on any atom is 0.300 e. The fourth-order valence-corrected chi connectivity index (χ4v) is 2.62. The van der Waals surface area contributed by atoms with E-state index in [1.807, 2.05) is 12.1 Å². The van der Waals surface area contributed by atoms with Crippen molar-refractivity contribution >= 4 is 17.6 Å². The van der Waals surface area contributed by atoms with Crippen molar-refractivity contribution in [2.45, 2.75) is 66.0 Å². The summed E-state index contributed by atoms with van der Waals surface area (Å²) in [5.74, 6) is -1.15. The Morgan fingerprint density at radius 2 is 1.66 bits per heavy atom. The number of hydrogen-bond donors (Lipinski definition) is 3. The smallest absolute Gasteiger partial charge is 0.300 e. The Morgan fingerprint density at radius 1 is 1.10 bits per heavy atom. The Balaban J connectivity index is 0.000000960. The standard InChI is InChI=1S/C21H27ClFNO.C2H4O2/c1-20(2,3)15-9-14(12-24-21(4,5)6)19(25)16(11-15)13-7-8-17(22)18(23)10-13;1-2(3)4/h7-11,24-25H,12H2,1-6H3;1H3,(H,3,4). The molecule has 0 aliphatic heterocycles. The summed E-state index contributed by atoms with van der Waals surface area (Å²) >= 11 is 5.80. The number of aromatic hydroxyl groups is 1. The first-order valence-corrected chi connectivity index (χ1v) is 9.76. The third kappa shape index (κ3) is 8.03. The number of phenolic OH excluding ortho intramolecular Hbond substituents is 1. The van der Waals surface area contributed by atoms with Crippen molar-refractivity contribution in [3.8, 4) is 16.9 Å². The second-order valence-electron chi connectivity index (χ2n) is 9.03. The molecule has 2 aromatic carbocycles. The quantitative estimate of drug-likeness (QED) is 0.555. The second-order valence-corrected chi connectivity index (χ2v) is 9.44.